The third kappa shape index (κ3) is 5.73. The van der Waals surface area contributed by atoms with Gasteiger partial charge in [0.05, 0.1) is 7.11 Å². The van der Waals surface area contributed by atoms with Crippen molar-refractivity contribution in [2.45, 2.75) is 18.9 Å². The third-order valence-corrected chi connectivity index (χ3v) is 2.99. The summed E-state index contributed by atoms with van der Waals surface area (Å²) in [5.74, 6) is -1.81. The highest BCUT2D eigenvalue weighted by molar-refractivity contribution is 5.97. The van der Waals surface area contributed by atoms with E-state index in [9.17, 15) is 14.7 Å². The van der Waals surface area contributed by atoms with Crippen LogP contribution in [0.5, 0.6) is 11.5 Å². The molecule has 0 saturated carbocycles. The minimum atomic E-state index is -1.16. The van der Waals surface area contributed by atoms with Gasteiger partial charge in [0.2, 0.25) is 0 Å². The zero-order valence-corrected chi connectivity index (χ0v) is 12.7. The van der Waals surface area contributed by atoms with Gasteiger partial charge in [0.25, 0.3) is 5.91 Å². The van der Waals surface area contributed by atoms with Gasteiger partial charge in [0.15, 0.2) is 17.5 Å². The number of aliphatic carboxylic acids is 1. The number of nitrogens with two attached hydrogens (primary N) is 2. The van der Waals surface area contributed by atoms with E-state index in [1.807, 2.05) is 0 Å². The van der Waals surface area contributed by atoms with E-state index in [4.69, 9.17) is 21.3 Å². The first-order chi connectivity index (χ1) is 10.8. The van der Waals surface area contributed by atoms with E-state index in [-0.39, 0.29) is 36.0 Å². The zero-order chi connectivity index (χ0) is 17.4. The molecule has 1 atom stereocenters. The monoisotopic (exact) mass is 324 g/mol. The number of carbonyl (C=O) groups is 2. The summed E-state index contributed by atoms with van der Waals surface area (Å²) in [6, 6.07) is 2.91. The molecule has 23 heavy (non-hydrogen) atoms. The fraction of sp³-hybridized carbons (Fsp3) is 0.357. The number of aromatic hydroxyl groups is 1. The van der Waals surface area contributed by atoms with Crippen LogP contribution in [0, 0.1) is 0 Å². The first kappa shape index (κ1) is 18.1. The number of guanidine groups is 1. The lowest BCUT2D eigenvalue weighted by atomic mass is 10.1. The van der Waals surface area contributed by atoms with Crippen molar-refractivity contribution in [3.05, 3.63) is 23.8 Å². The minimum absolute atomic E-state index is 0.0721. The average Bonchev–Trinajstić information content (AvgIpc) is 2.50. The van der Waals surface area contributed by atoms with E-state index in [0.29, 0.717) is 6.42 Å². The molecule has 1 aromatic carbocycles. The summed E-state index contributed by atoms with van der Waals surface area (Å²) in [6.45, 7) is 0.273. The Morgan fingerprint density at radius 3 is 2.65 bits per heavy atom. The number of benzene rings is 1. The summed E-state index contributed by atoms with van der Waals surface area (Å²) in [4.78, 5) is 27.1. The Bertz CT molecular complexity index is 599. The lowest BCUT2D eigenvalue weighted by molar-refractivity contribution is -0.139. The minimum Gasteiger partial charge on any atom is -0.504 e. The summed E-state index contributed by atoms with van der Waals surface area (Å²) in [6.07, 6.45) is 0.571. The molecule has 1 rings (SSSR count). The van der Waals surface area contributed by atoms with Crippen molar-refractivity contribution in [2.24, 2.45) is 16.5 Å². The number of carbonyl (C=O) groups excluding carboxylic acids is 1. The quantitative estimate of drug-likeness (QED) is 0.248. The number of phenolic OH excluding ortho intramolecular Hbond substituents is 1. The standard InChI is InChI=1S/C14H20N4O5/c1-23-11-7-8(4-5-10(11)19)12(20)18-9(13(21)22)3-2-6-17-14(15)16/h4-5,7,9,19H,2-3,6H2,1H3,(H,18,20)(H,21,22)(H4,15,16,17). The maximum absolute atomic E-state index is 12.1. The predicted octanol–water partition coefficient (Wildman–Crippen LogP) is -0.363. The second-order valence-corrected chi connectivity index (χ2v) is 4.70. The van der Waals surface area contributed by atoms with Crippen LogP contribution in [0.4, 0.5) is 0 Å². The molecule has 0 bridgehead atoms. The fourth-order valence-corrected chi connectivity index (χ4v) is 1.82. The molecule has 0 aliphatic carbocycles. The van der Waals surface area contributed by atoms with E-state index < -0.39 is 17.9 Å². The van der Waals surface area contributed by atoms with Crippen molar-refractivity contribution in [3.8, 4) is 11.5 Å². The number of carboxylic acids is 1. The molecule has 0 aromatic heterocycles. The van der Waals surface area contributed by atoms with E-state index >= 15 is 0 Å². The van der Waals surface area contributed by atoms with Crippen LogP contribution >= 0.6 is 0 Å². The number of phenols is 1. The molecule has 1 amide bonds. The Labute approximate surface area is 133 Å². The Hall–Kier alpha value is -2.97. The molecule has 0 heterocycles. The number of ether oxygens (including phenoxy) is 1. The van der Waals surface area contributed by atoms with Gasteiger partial charge in [-0.05, 0) is 31.0 Å². The SMILES string of the molecule is COc1cc(C(=O)NC(CCCN=C(N)N)C(=O)O)ccc1O. The van der Waals surface area contributed by atoms with Gasteiger partial charge in [-0.3, -0.25) is 9.79 Å². The predicted molar refractivity (Wildman–Crippen MR) is 83.5 cm³/mol. The van der Waals surface area contributed by atoms with Crippen molar-refractivity contribution in [1.82, 2.24) is 5.32 Å². The van der Waals surface area contributed by atoms with Gasteiger partial charge < -0.3 is 31.7 Å². The Morgan fingerprint density at radius 2 is 2.09 bits per heavy atom. The molecule has 7 N–H and O–H groups in total. The normalized spacial score (nSPS) is 11.3. The van der Waals surface area contributed by atoms with Crippen LogP contribution < -0.4 is 21.5 Å². The van der Waals surface area contributed by atoms with Crippen LogP contribution in [0.15, 0.2) is 23.2 Å². The van der Waals surface area contributed by atoms with Crippen molar-refractivity contribution in [1.29, 1.82) is 0 Å². The summed E-state index contributed by atoms with van der Waals surface area (Å²) < 4.78 is 4.91. The average molecular weight is 324 g/mol. The first-order valence-electron chi connectivity index (χ1n) is 6.81. The highest BCUT2D eigenvalue weighted by Gasteiger charge is 2.20. The number of hydrogen-bond donors (Lipinski definition) is 5. The number of hydrogen-bond acceptors (Lipinski definition) is 5. The van der Waals surface area contributed by atoms with E-state index in [0.717, 1.165) is 0 Å². The number of amides is 1. The largest absolute Gasteiger partial charge is 0.504 e. The second-order valence-electron chi connectivity index (χ2n) is 4.70. The summed E-state index contributed by atoms with van der Waals surface area (Å²) in [5.41, 5.74) is 10.5. The van der Waals surface area contributed by atoms with Crippen LogP contribution in [0.25, 0.3) is 0 Å². The van der Waals surface area contributed by atoms with Crippen LogP contribution in [0.3, 0.4) is 0 Å². The molecule has 126 valence electrons. The van der Waals surface area contributed by atoms with Crippen LogP contribution in [0.1, 0.15) is 23.2 Å². The third-order valence-electron chi connectivity index (χ3n) is 2.99. The molecule has 9 heteroatoms. The first-order valence-corrected chi connectivity index (χ1v) is 6.81. The van der Waals surface area contributed by atoms with Crippen molar-refractivity contribution >= 4 is 17.8 Å². The highest BCUT2D eigenvalue weighted by atomic mass is 16.5. The van der Waals surface area contributed by atoms with Crippen molar-refractivity contribution in [2.75, 3.05) is 13.7 Å². The summed E-state index contributed by atoms with van der Waals surface area (Å²) >= 11 is 0. The lowest BCUT2D eigenvalue weighted by Gasteiger charge is -2.14. The fourth-order valence-electron chi connectivity index (χ4n) is 1.82. The van der Waals surface area contributed by atoms with Crippen LogP contribution in [-0.4, -0.2) is 47.7 Å². The summed E-state index contributed by atoms with van der Waals surface area (Å²) in [5, 5.41) is 21.1. The Balaban J connectivity index is 2.70. The van der Waals surface area contributed by atoms with Gasteiger partial charge in [-0.2, -0.15) is 0 Å². The second kappa shape index (κ2) is 8.47. The van der Waals surface area contributed by atoms with Gasteiger partial charge in [0.1, 0.15) is 6.04 Å². The maximum atomic E-state index is 12.1. The molecule has 0 aliphatic heterocycles. The molecule has 0 fully saturated rings. The molecular weight excluding hydrogens is 304 g/mol. The number of carboxylic acid groups (broad SMARTS) is 1. The zero-order valence-electron chi connectivity index (χ0n) is 12.7. The molecule has 0 saturated heterocycles. The van der Waals surface area contributed by atoms with Crippen LogP contribution in [-0.2, 0) is 4.79 Å². The summed E-state index contributed by atoms with van der Waals surface area (Å²) in [7, 11) is 1.35. The number of methoxy groups -OCH3 is 1. The van der Waals surface area contributed by atoms with Gasteiger partial charge in [-0.1, -0.05) is 0 Å². The molecule has 0 radical (unpaired) electrons. The van der Waals surface area contributed by atoms with E-state index in [2.05, 4.69) is 10.3 Å². The van der Waals surface area contributed by atoms with Crippen LogP contribution in [0.2, 0.25) is 0 Å². The number of nitrogens with zero attached hydrogens (tertiary/aromatic N) is 1. The number of nitrogens with one attached hydrogen (secondary N) is 1. The van der Waals surface area contributed by atoms with Gasteiger partial charge >= 0.3 is 5.97 Å². The van der Waals surface area contributed by atoms with Gasteiger partial charge in [-0.15, -0.1) is 0 Å². The Kier molecular flexibility index (Phi) is 6.66. The highest BCUT2D eigenvalue weighted by Crippen LogP contribution is 2.26. The molecule has 1 aromatic rings. The molecular formula is C14H20N4O5. The van der Waals surface area contributed by atoms with E-state index in [1.165, 1.54) is 25.3 Å². The lowest BCUT2D eigenvalue weighted by Crippen LogP contribution is -2.40. The van der Waals surface area contributed by atoms with E-state index in [1.54, 1.807) is 0 Å². The molecule has 0 spiro atoms. The number of rotatable bonds is 8. The smallest absolute Gasteiger partial charge is 0.326 e. The molecule has 1 unspecified atom stereocenters. The molecule has 9 nitrogen and oxygen atoms in total. The Morgan fingerprint density at radius 1 is 1.39 bits per heavy atom. The maximum Gasteiger partial charge on any atom is 0.326 e. The van der Waals surface area contributed by atoms with Gasteiger partial charge in [0, 0.05) is 12.1 Å². The van der Waals surface area contributed by atoms with Gasteiger partial charge in [-0.25, -0.2) is 4.79 Å². The number of aliphatic imine (C=N–C) groups is 1. The van der Waals surface area contributed by atoms with Crippen molar-refractivity contribution < 1.29 is 24.5 Å². The topological polar surface area (TPSA) is 160 Å². The van der Waals surface area contributed by atoms with Crippen molar-refractivity contribution in [3.63, 3.8) is 0 Å². The molecule has 0 aliphatic rings.